The lowest BCUT2D eigenvalue weighted by molar-refractivity contribution is -0.128. The number of carbonyl (C=O) groups excluding carboxylic acids is 3. The molecule has 0 spiro atoms. The standard InChI is InChI=1S/C39H41N5O5/c1-25-30(31-23-27(48-2)17-18-33(31)42-25)24-36(46)43-34(15-7-4-8-16-35(45)39-41-21-22-49-39)38(47)40-20-19-29-28-13-9-10-14-32(28)44-37(29)26-11-5-3-6-12-26/h3,5-6,9-14,17-18,21-23,34,42,44H,4,7-8,15-16,19-20,24H2,1-2H3,(H,40,47)(H,43,46). The number of unbranched alkanes of at least 4 members (excludes halogenated alkanes) is 2. The summed E-state index contributed by atoms with van der Waals surface area (Å²) in [6.45, 7) is 2.34. The number of H-pyrrole nitrogens is 2. The van der Waals surface area contributed by atoms with Crippen LogP contribution in [0.4, 0.5) is 0 Å². The van der Waals surface area contributed by atoms with Crippen LogP contribution in [0, 0.1) is 6.92 Å². The molecule has 1 atom stereocenters. The Labute approximate surface area is 284 Å². The number of aromatic nitrogens is 3. The highest BCUT2D eigenvalue weighted by molar-refractivity contribution is 5.94. The Balaban J connectivity index is 1.12. The highest BCUT2D eigenvalue weighted by atomic mass is 16.5. The Hall–Kier alpha value is -5.64. The van der Waals surface area contributed by atoms with E-state index in [0.29, 0.717) is 50.8 Å². The Kier molecular flexibility index (Phi) is 10.5. The number of ketones is 1. The van der Waals surface area contributed by atoms with E-state index in [1.807, 2.05) is 55.5 Å². The monoisotopic (exact) mass is 659 g/mol. The maximum Gasteiger partial charge on any atom is 0.263 e. The van der Waals surface area contributed by atoms with Crippen LogP contribution < -0.4 is 15.4 Å². The van der Waals surface area contributed by atoms with Gasteiger partial charge >= 0.3 is 0 Å². The molecule has 0 saturated carbocycles. The molecule has 0 fully saturated rings. The third-order valence-electron chi connectivity index (χ3n) is 8.93. The van der Waals surface area contributed by atoms with Gasteiger partial charge in [-0.2, -0.15) is 0 Å². The van der Waals surface area contributed by atoms with Gasteiger partial charge in [-0.05, 0) is 67.1 Å². The highest BCUT2D eigenvalue weighted by Gasteiger charge is 2.23. The quantitative estimate of drug-likeness (QED) is 0.0662. The zero-order valence-corrected chi connectivity index (χ0v) is 27.8. The first kappa shape index (κ1) is 33.3. The van der Waals surface area contributed by atoms with Crippen molar-refractivity contribution in [3.05, 3.63) is 108 Å². The lowest BCUT2D eigenvalue weighted by Gasteiger charge is -2.19. The maximum absolute atomic E-state index is 13.7. The number of oxazole rings is 1. The molecule has 3 aromatic heterocycles. The minimum Gasteiger partial charge on any atom is -0.497 e. The van der Waals surface area contributed by atoms with Crippen molar-refractivity contribution in [2.75, 3.05) is 13.7 Å². The van der Waals surface area contributed by atoms with Crippen molar-refractivity contribution in [3.63, 3.8) is 0 Å². The molecule has 1 unspecified atom stereocenters. The molecular weight excluding hydrogens is 618 g/mol. The fourth-order valence-corrected chi connectivity index (χ4v) is 6.41. The second-order valence-electron chi connectivity index (χ2n) is 12.2. The summed E-state index contributed by atoms with van der Waals surface area (Å²) in [5.74, 6) is 0.194. The Morgan fingerprint density at radius 2 is 1.69 bits per heavy atom. The van der Waals surface area contributed by atoms with Gasteiger partial charge in [-0.25, -0.2) is 4.98 Å². The molecule has 3 heterocycles. The lowest BCUT2D eigenvalue weighted by atomic mass is 10.0. The van der Waals surface area contributed by atoms with E-state index in [0.717, 1.165) is 49.9 Å². The van der Waals surface area contributed by atoms with Gasteiger partial charge in [0.15, 0.2) is 0 Å². The molecule has 0 aliphatic heterocycles. The summed E-state index contributed by atoms with van der Waals surface area (Å²) in [6, 6.07) is 23.3. The number of ether oxygens (including phenoxy) is 1. The smallest absolute Gasteiger partial charge is 0.263 e. The van der Waals surface area contributed by atoms with Gasteiger partial charge in [-0.15, -0.1) is 0 Å². The normalized spacial score (nSPS) is 11.9. The van der Waals surface area contributed by atoms with Crippen molar-refractivity contribution >= 4 is 39.4 Å². The molecule has 10 heteroatoms. The SMILES string of the molecule is COc1ccc2[nH]c(C)c(CC(=O)NC(CCCCCC(=O)c3ncco3)C(=O)NCCc3c(-c4ccccc4)[nH]c4ccccc34)c2c1. The van der Waals surface area contributed by atoms with Crippen molar-refractivity contribution in [1.29, 1.82) is 0 Å². The maximum atomic E-state index is 13.7. The number of hydrogen-bond donors (Lipinski definition) is 4. The Bertz CT molecular complexity index is 2040. The number of para-hydroxylation sites is 1. The van der Waals surface area contributed by atoms with E-state index in [1.54, 1.807) is 7.11 Å². The number of rotatable bonds is 16. The van der Waals surface area contributed by atoms with E-state index >= 15 is 0 Å². The third kappa shape index (κ3) is 7.92. The van der Waals surface area contributed by atoms with Crippen LogP contribution in [-0.2, 0) is 22.4 Å². The zero-order chi connectivity index (χ0) is 34.2. The number of amides is 2. The average Bonchev–Trinajstić information content (AvgIpc) is 3.86. The van der Waals surface area contributed by atoms with Crippen LogP contribution >= 0.6 is 0 Å². The molecule has 0 aliphatic carbocycles. The van der Waals surface area contributed by atoms with E-state index in [9.17, 15) is 14.4 Å². The van der Waals surface area contributed by atoms with Gasteiger partial charge in [0.25, 0.3) is 5.89 Å². The van der Waals surface area contributed by atoms with Gasteiger partial charge in [0.2, 0.25) is 17.6 Å². The minimum absolute atomic E-state index is 0.111. The van der Waals surface area contributed by atoms with Gasteiger partial charge in [0.1, 0.15) is 18.1 Å². The number of hydrogen-bond acceptors (Lipinski definition) is 6. The second-order valence-corrected chi connectivity index (χ2v) is 12.2. The number of methoxy groups -OCH3 is 1. The summed E-state index contributed by atoms with van der Waals surface area (Å²) in [5, 5.41) is 8.14. The van der Waals surface area contributed by atoms with Gasteiger partial charge in [-0.3, -0.25) is 14.4 Å². The molecule has 0 bridgehead atoms. The Morgan fingerprint density at radius 3 is 2.49 bits per heavy atom. The molecule has 6 aromatic rings. The predicted molar refractivity (Wildman–Crippen MR) is 190 cm³/mol. The topological polar surface area (TPSA) is 142 Å². The van der Waals surface area contributed by atoms with Gasteiger partial charge < -0.3 is 29.8 Å². The summed E-state index contributed by atoms with van der Waals surface area (Å²) in [5.41, 5.74) is 6.96. The summed E-state index contributed by atoms with van der Waals surface area (Å²) >= 11 is 0. The third-order valence-corrected chi connectivity index (χ3v) is 8.93. The van der Waals surface area contributed by atoms with Crippen molar-refractivity contribution in [2.24, 2.45) is 0 Å². The van der Waals surface area contributed by atoms with Crippen LogP contribution in [-0.4, -0.2) is 52.2 Å². The largest absolute Gasteiger partial charge is 0.497 e. The highest BCUT2D eigenvalue weighted by Crippen LogP contribution is 2.31. The van der Waals surface area contributed by atoms with Crippen molar-refractivity contribution in [3.8, 4) is 17.0 Å². The first-order valence-corrected chi connectivity index (χ1v) is 16.7. The molecule has 6 rings (SSSR count). The molecule has 3 aromatic carbocycles. The Morgan fingerprint density at radius 1 is 0.898 bits per heavy atom. The van der Waals surface area contributed by atoms with E-state index in [2.05, 4.69) is 49.9 Å². The number of aromatic amines is 2. The molecule has 4 N–H and O–H groups in total. The second kappa shape index (κ2) is 15.5. The fourth-order valence-electron chi connectivity index (χ4n) is 6.41. The summed E-state index contributed by atoms with van der Waals surface area (Å²) in [6.07, 6.45) is 6.30. The molecule has 0 saturated heterocycles. The van der Waals surface area contributed by atoms with Crippen LogP contribution in [0.1, 0.15) is 59.6 Å². The molecule has 49 heavy (non-hydrogen) atoms. The van der Waals surface area contributed by atoms with Crippen LogP contribution in [0.3, 0.4) is 0 Å². The lowest BCUT2D eigenvalue weighted by Crippen LogP contribution is -2.47. The summed E-state index contributed by atoms with van der Waals surface area (Å²) < 4.78 is 10.5. The van der Waals surface area contributed by atoms with Gasteiger partial charge in [0, 0.05) is 46.2 Å². The molecule has 2 amide bonds. The van der Waals surface area contributed by atoms with Gasteiger partial charge in [0.05, 0.1) is 19.7 Å². The zero-order valence-electron chi connectivity index (χ0n) is 27.8. The average molecular weight is 660 g/mol. The first-order valence-electron chi connectivity index (χ1n) is 16.7. The minimum atomic E-state index is -0.730. The summed E-state index contributed by atoms with van der Waals surface area (Å²) in [4.78, 5) is 50.3. The number of aryl methyl sites for hydroxylation is 1. The molecular formula is C39H41N5O5. The van der Waals surface area contributed by atoms with E-state index in [-0.39, 0.29) is 29.9 Å². The van der Waals surface area contributed by atoms with Crippen LogP contribution in [0.25, 0.3) is 33.1 Å². The summed E-state index contributed by atoms with van der Waals surface area (Å²) in [7, 11) is 1.61. The molecule has 0 aliphatic rings. The van der Waals surface area contributed by atoms with E-state index in [1.165, 1.54) is 12.5 Å². The molecule has 252 valence electrons. The predicted octanol–water partition coefficient (Wildman–Crippen LogP) is 6.84. The fraction of sp³-hybridized carbons (Fsp3) is 0.282. The number of nitrogens with one attached hydrogen (secondary N) is 4. The van der Waals surface area contributed by atoms with E-state index in [4.69, 9.17) is 9.15 Å². The van der Waals surface area contributed by atoms with Crippen molar-refractivity contribution in [1.82, 2.24) is 25.6 Å². The first-order chi connectivity index (χ1) is 23.9. The van der Waals surface area contributed by atoms with Gasteiger partial charge in [-0.1, -0.05) is 61.4 Å². The number of carbonyl (C=O) groups is 3. The molecule has 0 radical (unpaired) electrons. The number of Topliss-reactive ketones (excluding diaryl/α,β-unsaturated/α-hetero) is 1. The van der Waals surface area contributed by atoms with Crippen LogP contribution in [0.5, 0.6) is 5.75 Å². The number of fused-ring (bicyclic) bond motifs is 2. The number of benzene rings is 3. The van der Waals surface area contributed by atoms with E-state index < -0.39 is 6.04 Å². The van der Waals surface area contributed by atoms with Crippen molar-refractivity contribution < 1.29 is 23.5 Å². The van der Waals surface area contributed by atoms with Crippen LogP contribution in [0.15, 0.2) is 89.7 Å². The van der Waals surface area contributed by atoms with Crippen molar-refractivity contribution in [2.45, 2.75) is 57.9 Å². The number of nitrogens with zero attached hydrogens (tertiary/aromatic N) is 1. The molecule has 10 nitrogen and oxygen atoms in total. The van der Waals surface area contributed by atoms with Crippen LogP contribution in [0.2, 0.25) is 0 Å².